The van der Waals surface area contributed by atoms with Crippen molar-refractivity contribution in [2.75, 3.05) is 0 Å². The second-order valence-electron chi connectivity index (χ2n) is 3.09. The summed E-state index contributed by atoms with van der Waals surface area (Å²) in [6.45, 7) is 0. The number of carbonyl (C=O) groups is 1. The first kappa shape index (κ1) is 12.7. The molecule has 1 N–H and O–H groups in total. The normalized spacial score (nSPS) is 10.8. The summed E-state index contributed by atoms with van der Waals surface area (Å²) < 4.78 is 0.710. The van der Waals surface area contributed by atoms with Crippen LogP contribution in [0.4, 0.5) is 0 Å². The minimum atomic E-state index is -0.681. The molecule has 0 radical (unpaired) electrons. The SMILES string of the molecule is O=C(O/N=C/c1[nH]ncc1Br)c1cccnc1Cl. The zero-order valence-corrected chi connectivity index (χ0v) is 11.1. The summed E-state index contributed by atoms with van der Waals surface area (Å²) in [5, 5.41) is 10.0. The van der Waals surface area contributed by atoms with Crippen molar-refractivity contribution < 1.29 is 9.63 Å². The number of carbonyl (C=O) groups excluding carboxylic acids is 1. The van der Waals surface area contributed by atoms with Gasteiger partial charge in [-0.05, 0) is 28.1 Å². The van der Waals surface area contributed by atoms with E-state index < -0.39 is 5.97 Å². The summed E-state index contributed by atoms with van der Waals surface area (Å²) in [6, 6.07) is 3.08. The molecule has 6 nitrogen and oxygen atoms in total. The van der Waals surface area contributed by atoms with Gasteiger partial charge in [-0.1, -0.05) is 16.8 Å². The molecule has 0 unspecified atom stereocenters. The highest BCUT2D eigenvalue weighted by Gasteiger charge is 2.11. The zero-order valence-electron chi connectivity index (χ0n) is 8.80. The molecule has 0 atom stereocenters. The highest BCUT2D eigenvalue weighted by atomic mass is 79.9. The number of pyridine rings is 1. The number of oxime groups is 1. The number of H-pyrrole nitrogens is 1. The van der Waals surface area contributed by atoms with Crippen molar-refractivity contribution in [2.45, 2.75) is 0 Å². The monoisotopic (exact) mass is 328 g/mol. The molecule has 2 aromatic rings. The minimum absolute atomic E-state index is 0.0698. The van der Waals surface area contributed by atoms with Gasteiger partial charge in [-0.2, -0.15) is 5.10 Å². The van der Waals surface area contributed by atoms with Crippen molar-refractivity contribution in [3.8, 4) is 0 Å². The Morgan fingerprint density at radius 3 is 3.11 bits per heavy atom. The molecule has 2 rings (SSSR count). The maximum absolute atomic E-state index is 11.6. The smallest absolute Gasteiger partial charge is 0.313 e. The van der Waals surface area contributed by atoms with E-state index in [1.54, 1.807) is 12.3 Å². The maximum Gasteiger partial charge on any atom is 0.368 e. The van der Waals surface area contributed by atoms with Crippen molar-refractivity contribution in [2.24, 2.45) is 5.16 Å². The Hall–Kier alpha value is -1.73. The van der Waals surface area contributed by atoms with Crippen LogP contribution in [0.15, 0.2) is 34.2 Å². The Labute approximate surface area is 115 Å². The number of halogens is 2. The number of aromatic amines is 1. The van der Waals surface area contributed by atoms with E-state index in [2.05, 4.69) is 41.1 Å². The lowest BCUT2D eigenvalue weighted by molar-refractivity contribution is 0.0519. The second kappa shape index (κ2) is 5.74. The molecule has 0 aromatic carbocycles. The predicted octanol–water partition coefficient (Wildman–Crippen LogP) is 2.41. The predicted molar refractivity (Wildman–Crippen MR) is 68.5 cm³/mol. The van der Waals surface area contributed by atoms with E-state index in [-0.39, 0.29) is 10.7 Å². The molecular weight excluding hydrogens is 323 g/mol. The quantitative estimate of drug-likeness (QED) is 0.406. The van der Waals surface area contributed by atoms with Crippen LogP contribution in [-0.4, -0.2) is 27.4 Å². The Balaban J connectivity index is 2.03. The van der Waals surface area contributed by atoms with Gasteiger partial charge in [0.2, 0.25) is 0 Å². The van der Waals surface area contributed by atoms with Crippen LogP contribution in [0.5, 0.6) is 0 Å². The molecule has 0 bridgehead atoms. The van der Waals surface area contributed by atoms with Crippen LogP contribution >= 0.6 is 27.5 Å². The molecule has 2 heterocycles. The van der Waals surface area contributed by atoms with Crippen LogP contribution in [0.2, 0.25) is 5.15 Å². The molecule has 0 aliphatic carbocycles. The van der Waals surface area contributed by atoms with E-state index >= 15 is 0 Å². The van der Waals surface area contributed by atoms with Crippen LogP contribution in [0.1, 0.15) is 16.1 Å². The fourth-order valence-corrected chi connectivity index (χ4v) is 1.58. The summed E-state index contributed by atoms with van der Waals surface area (Å²) in [4.78, 5) is 20.0. The van der Waals surface area contributed by atoms with Crippen LogP contribution in [0.3, 0.4) is 0 Å². The first-order valence-electron chi connectivity index (χ1n) is 4.72. The van der Waals surface area contributed by atoms with E-state index in [0.29, 0.717) is 10.2 Å². The van der Waals surface area contributed by atoms with Crippen LogP contribution in [-0.2, 0) is 4.84 Å². The summed E-state index contributed by atoms with van der Waals surface area (Å²) >= 11 is 8.97. The van der Waals surface area contributed by atoms with Crippen molar-refractivity contribution in [1.29, 1.82) is 0 Å². The first-order chi connectivity index (χ1) is 8.68. The molecule has 0 saturated carbocycles. The summed E-state index contributed by atoms with van der Waals surface area (Å²) in [5.41, 5.74) is 0.736. The maximum atomic E-state index is 11.6. The van der Waals surface area contributed by atoms with Crippen LogP contribution in [0.25, 0.3) is 0 Å². The number of nitrogens with one attached hydrogen (secondary N) is 1. The standard InChI is InChI=1S/C10H6BrClN4O2/c11-7-4-14-16-8(7)5-15-18-10(17)6-2-1-3-13-9(6)12/h1-5H,(H,14,16)/b15-5+. The van der Waals surface area contributed by atoms with E-state index in [9.17, 15) is 4.79 Å². The summed E-state index contributed by atoms with van der Waals surface area (Å²) in [6.07, 6.45) is 4.35. The van der Waals surface area contributed by atoms with E-state index in [0.717, 1.165) is 0 Å². The molecule has 18 heavy (non-hydrogen) atoms. The number of nitrogens with zero attached hydrogens (tertiary/aromatic N) is 3. The van der Waals surface area contributed by atoms with Gasteiger partial charge in [0.15, 0.2) is 0 Å². The second-order valence-corrected chi connectivity index (χ2v) is 4.30. The molecule has 2 aromatic heterocycles. The third-order valence-electron chi connectivity index (χ3n) is 1.92. The minimum Gasteiger partial charge on any atom is -0.313 e. The van der Waals surface area contributed by atoms with Gasteiger partial charge in [-0.15, -0.1) is 0 Å². The first-order valence-corrected chi connectivity index (χ1v) is 5.89. The third-order valence-corrected chi connectivity index (χ3v) is 2.85. The third kappa shape index (κ3) is 2.93. The van der Waals surface area contributed by atoms with Crippen LogP contribution < -0.4 is 0 Å². The molecular formula is C10H6BrClN4O2. The summed E-state index contributed by atoms with van der Waals surface area (Å²) in [7, 11) is 0. The van der Waals surface area contributed by atoms with Gasteiger partial charge < -0.3 is 4.84 Å². The number of aromatic nitrogens is 3. The summed E-state index contributed by atoms with van der Waals surface area (Å²) in [5.74, 6) is -0.681. The number of hydrogen-bond donors (Lipinski definition) is 1. The van der Waals surface area contributed by atoms with Gasteiger partial charge in [-0.3, -0.25) is 5.10 Å². The number of hydrogen-bond acceptors (Lipinski definition) is 5. The lowest BCUT2D eigenvalue weighted by Crippen LogP contribution is -2.02. The molecule has 0 saturated heterocycles. The topological polar surface area (TPSA) is 80.2 Å². The largest absolute Gasteiger partial charge is 0.368 e. The van der Waals surface area contributed by atoms with E-state index in [1.165, 1.54) is 18.5 Å². The highest BCUT2D eigenvalue weighted by Crippen LogP contribution is 2.13. The van der Waals surface area contributed by atoms with Gasteiger partial charge >= 0.3 is 5.97 Å². The van der Waals surface area contributed by atoms with Crippen molar-refractivity contribution in [3.05, 3.63) is 45.4 Å². The fraction of sp³-hybridized carbons (Fsp3) is 0. The fourth-order valence-electron chi connectivity index (χ4n) is 1.09. The van der Waals surface area contributed by atoms with Crippen molar-refractivity contribution >= 4 is 39.7 Å². The molecule has 0 aliphatic rings. The molecule has 0 fully saturated rings. The van der Waals surface area contributed by atoms with Gasteiger partial charge in [0, 0.05) is 6.20 Å². The molecule has 0 spiro atoms. The van der Waals surface area contributed by atoms with Gasteiger partial charge in [0.25, 0.3) is 0 Å². The Bertz CT molecular complexity index is 599. The van der Waals surface area contributed by atoms with E-state index in [1.807, 2.05) is 0 Å². The van der Waals surface area contributed by atoms with Gasteiger partial charge in [-0.25, -0.2) is 9.78 Å². The average Bonchev–Trinajstić information content (AvgIpc) is 2.75. The average molecular weight is 330 g/mol. The van der Waals surface area contributed by atoms with Gasteiger partial charge in [0.05, 0.1) is 28.1 Å². The lowest BCUT2D eigenvalue weighted by Gasteiger charge is -1.98. The van der Waals surface area contributed by atoms with Crippen molar-refractivity contribution in [3.63, 3.8) is 0 Å². The molecule has 0 amide bonds. The highest BCUT2D eigenvalue weighted by molar-refractivity contribution is 9.10. The molecule has 8 heteroatoms. The Kier molecular flexibility index (Phi) is 4.06. The number of rotatable bonds is 3. The van der Waals surface area contributed by atoms with Crippen LogP contribution in [0, 0.1) is 0 Å². The van der Waals surface area contributed by atoms with Gasteiger partial charge in [0.1, 0.15) is 5.15 Å². The molecule has 92 valence electrons. The molecule has 0 aliphatic heterocycles. The lowest BCUT2D eigenvalue weighted by atomic mass is 10.3. The van der Waals surface area contributed by atoms with E-state index in [4.69, 9.17) is 11.6 Å². The van der Waals surface area contributed by atoms with Crippen molar-refractivity contribution in [1.82, 2.24) is 15.2 Å². The Morgan fingerprint density at radius 2 is 2.44 bits per heavy atom. The Morgan fingerprint density at radius 1 is 1.61 bits per heavy atom. The zero-order chi connectivity index (χ0) is 13.0.